The van der Waals surface area contributed by atoms with Crippen molar-refractivity contribution in [1.82, 2.24) is 14.5 Å². The molecule has 1 aliphatic rings. The molecular formula is C16H29N3O. The molecule has 1 fully saturated rings. The van der Waals surface area contributed by atoms with Crippen molar-refractivity contribution in [1.29, 1.82) is 0 Å². The van der Waals surface area contributed by atoms with Gasteiger partial charge in [-0.05, 0) is 52.6 Å². The van der Waals surface area contributed by atoms with Crippen molar-refractivity contribution >= 4 is 0 Å². The van der Waals surface area contributed by atoms with Crippen LogP contribution in [0.25, 0.3) is 0 Å². The molecule has 0 amide bonds. The summed E-state index contributed by atoms with van der Waals surface area (Å²) in [5, 5.41) is 0. The van der Waals surface area contributed by atoms with Crippen molar-refractivity contribution in [2.45, 2.75) is 45.1 Å². The van der Waals surface area contributed by atoms with E-state index < -0.39 is 0 Å². The molecule has 1 atom stereocenters. The molecule has 0 spiro atoms. The Bertz CT molecular complexity index is 414. The minimum atomic E-state index is 0.0662. The van der Waals surface area contributed by atoms with E-state index in [1.54, 1.807) is 0 Å². The van der Waals surface area contributed by atoms with E-state index >= 15 is 0 Å². The summed E-state index contributed by atoms with van der Waals surface area (Å²) in [5.41, 5.74) is 0.0662. The number of ether oxygens (including phenoxy) is 1. The van der Waals surface area contributed by atoms with Crippen molar-refractivity contribution in [3.8, 4) is 0 Å². The second kappa shape index (κ2) is 6.72. The Morgan fingerprint density at radius 2 is 2.30 bits per heavy atom. The highest BCUT2D eigenvalue weighted by atomic mass is 16.5. The molecule has 2 heterocycles. The summed E-state index contributed by atoms with van der Waals surface area (Å²) in [6.45, 7) is 7.66. The maximum atomic E-state index is 5.79. The molecule has 0 bridgehead atoms. The molecular weight excluding hydrogens is 250 g/mol. The van der Waals surface area contributed by atoms with Crippen LogP contribution in [0.5, 0.6) is 0 Å². The van der Waals surface area contributed by atoms with Crippen LogP contribution in [-0.2, 0) is 18.2 Å². The van der Waals surface area contributed by atoms with Crippen LogP contribution in [0.4, 0.5) is 0 Å². The van der Waals surface area contributed by atoms with E-state index in [1.165, 1.54) is 31.6 Å². The molecule has 1 aromatic rings. The van der Waals surface area contributed by atoms with Gasteiger partial charge in [0.2, 0.25) is 0 Å². The zero-order valence-electron chi connectivity index (χ0n) is 13.4. The number of imidazole rings is 1. The highest BCUT2D eigenvalue weighted by molar-refractivity contribution is 4.91. The zero-order chi connectivity index (χ0) is 14.6. The quantitative estimate of drug-likeness (QED) is 0.801. The summed E-state index contributed by atoms with van der Waals surface area (Å²) < 4.78 is 7.90. The fraction of sp³-hybridized carbons (Fsp3) is 0.812. The van der Waals surface area contributed by atoms with Gasteiger partial charge in [-0.2, -0.15) is 0 Å². The topological polar surface area (TPSA) is 30.3 Å². The first-order valence-electron chi connectivity index (χ1n) is 7.75. The number of nitrogens with zero attached hydrogens (tertiary/aromatic N) is 3. The molecule has 1 unspecified atom stereocenters. The number of aromatic nitrogens is 2. The fourth-order valence-corrected chi connectivity index (χ4v) is 3.19. The van der Waals surface area contributed by atoms with Gasteiger partial charge in [0.05, 0.1) is 5.60 Å². The first kappa shape index (κ1) is 15.5. The predicted octanol–water partition coefficient (Wildman–Crippen LogP) is 2.49. The van der Waals surface area contributed by atoms with E-state index in [0.29, 0.717) is 0 Å². The minimum absolute atomic E-state index is 0.0662. The number of aryl methyl sites for hydroxylation is 2. The fourth-order valence-electron chi connectivity index (χ4n) is 3.19. The van der Waals surface area contributed by atoms with Crippen molar-refractivity contribution in [2.24, 2.45) is 13.0 Å². The molecule has 0 saturated carbocycles. The summed E-state index contributed by atoms with van der Waals surface area (Å²) in [7, 11) is 4.30. The van der Waals surface area contributed by atoms with Gasteiger partial charge in [0.25, 0.3) is 0 Å². The Labute approximate surface area is 123 Å². The van der Waals surface area contributed by atoms with E-state index in [1.807, 2.05) is 12.4 Å². The molecule has 114 valence electrons. The van der Waals surface area contributed by atoms with Crippen molar-refractivity contribution in [2.75, 3.05) is 26.7 Å². The van der Waals surface area contributed by atoms with Crippen LogP contribution >= 0.6 is 0 Å². The number of rotatable bonds is 6. The maximum Gasteiger partial charge on any atom is 0.108 e. The van der Waals surface area contributed by atoms with Crippen LogP contribution in [0.15, 0.2) is 12.4 Å². The van der Waals surface area contributed by atoms with E-state index in [2.05, 4.69) is 42.4 Å². The third-order valence-corrected chi connectivity index (χ3v) is 4.23. The summed E-state index contributed by atoms with van der Waals surface area (Å²) in [5.74, 6) is 1.96. The third kappa shape index (κ3) is 4.60. The number of hydrogen-bond acceptors (Lipinski definition) is 3. The Kier molecular flexibility index (Phi) is 5.22. The van der Waals surface area contributed by atoms with E-state index in [-0.39, 0.29) is 5.60 Å². The smallest absolute Gasteiger partial charge is 0.108 e. The normalized spacial score (nSPS) is 22.4. The lowest BCUT2D eigenvalue weighted by Crippen LogP contribution is -2.38. The largest absolute Gasteiger partial charge is 0.376 e. The average Bonchev–Trinajstić information content (AvgIpc) is 2.74. The lowest BCUT2D eigenvalue weighted by Gasteiger charge is -2.37. The maximum absolute atomic E-state index is 5.79. The molecule has 4 heteroatoms. The molecule has 0 aliphatic carbocycles. The average molecular weight is 279 g/mol. The Balaban J connectivity index is 1.67. The van der Waals surface area contributed by atoms with Gasteiger partial charge in [0, 0.05) is 39.0 Å². The Morgan fingerprint density at radius 3 is 2.95 bits per heavy atom. The van der Waals surface area contributed by atoms with Gasteiger partial charge < -0.3 is 14.2 Å². The molecule has 0 radical (unpaired) electrons. The van der Waals surface area contributed by atoms with Crippen molar-refractivity contribution in [3.05, 3.63) is 18.2 Å². The highest BCUT2D eigenvalue weighted by Crippen LogP contribution is 2.28. The summed E-state index contributed by atoms with van der Waals surface area (Å²) in [6.07, 6.45) is 8.51. The van der Waals surface area contributed by atoms with Gasteiger partial charge in [0.15, 0.2) is 0 Å². The molecule has 4 nitrogen and oxygen atoms in total. The minimum Gasteiger partial charge on any atom is -0.376 e. The predicted molar refractivity (Wildman–Crippen MR) is 81.8 cm³/mol. The molecule has 20 heavy (non-hydrogen) atoms. The second-order valence-electron chi connectivity index (χ2n) is 6.79. The van der Waals surface area contributed by atoms with Gasteiger partial charge in [-0.3, -0.25) is 0 Å². The number of hydrogen-bond donors (Lipinski definition) is 0. The summed E-state index contributed by atoms with van der Waals surface area (Å²) in [4.78, 5) is 6.84. The standard InChI is InChI=1S/C16H29N3O/c1-16(2)12-14(7-11-20-16)13-18(3)9-5-6-15-17-8-10-19(15)4/h8,10,14H,5-7,9,11-13H2,1-4H3. The van der Waals surface area contributed by atoms with Gasteiger partial charge in [-0.25, -0.2) is 4.98 Å². The lowest BCUT2D eigenvalue weighted by molar-refractivity contribution is -0.0759. The first-order valence-corrected chi connectivity index (χ1v) is 7.75. The van der Waals surface area contributed by atoms with E-state index in [9.17, 15) is 0 Å². The molecule has 0 N–H and O–H groups in total. The lowest BCUT2D eigenvalue weighted by atomic mass is 9.88. The van der Waals surface area contributed by atoms with Crippen LogP contribution in [0.1, 0.15) is 38.9 Å². The highest BCUT2D eigenvalue weighted by Gasteiger charge is 2.29. The molecule has 2 rings (SSSR count). The van der Waals surface area contributed by atoms with Crippen LogP contribution in [-0.4, -0.2) is 46.8 Å². The molecule has 0 aromatic carbocycles. The van der Waals surface area contributed by atoms with E-state index in [0.717, 1.165) is 25.5 Å². The van der Waals surface area contributed by atoms with Gasteiger partial charge in [-0.15, -0.1) is 0 Å². The Morgan fingerprint density at radius 1 is 1.50 bits per heavy atom. The third-order valence-electron chi connectivity index (χ3n) is 4.23. The van der Waals surface area contributed by atoms with Crippen molar-refractivity contribution in [3.63, 3.8) is 0 Å². The Hall–Kier alpha value is -0.870. The van der Waals surface area contributed by atoms with Crippen molar-refractivity contribution < 1.29 is 4.74 Å². The SMILES string of the molecule is CN(CCCc1nccn1C)CC1CCOC(C)(C)C1. The first-order chi connectivity index (χ1) is 9.46. The van der Waals surface area contributed by atoms with Crippen LogP contribution in [0.2, 0.25) is 0 Å². The summed E-state index contributed by atoms with van der Waals surface area (Å²) in [6, 6.07) is 0. The van der Waals surface area contributed by atoms with Gasteiger partial charge in [0.1, 0.15) is 5.82 Å². The molecule has 1 saturated heterocycles. The monoisotopic (exact) mass is 279 g/mol. The molecule has 1 aromatic heterocycles. The van der Waals surface area contributed by atoms with Gasteiger partial charge >= 0.3 is 0 Å². The van der Waals surface area contributed by atoms with Crippen LogP contribution in [0, 0.1) is 5.92 Å². The van der Waals surface area contributed by atoms with E-state index in [4.69, 9.17) is 4.74 Å². The van der Waals surface area contributed by atoms with Crippen LogP contribution < -0.4 is 0 Å². The summed E-state index contributed by atoms with van der Waals surface area (Å²) >= 11 is 0. The second-order valence-corrected chi connectivity index (χ2v) is 6.79. The molecule has 1 aliphatic heterocycles. The zero-order valence-corrected chi connectivity index (χ0v) is 13.4. The van der Waals surface area contributed by atoms with Gasteiger partial charge in [-0.1, -0.05) is 0 Å². The van der Waals surface area contributed by atoms with Crippen LogP contribution in [0.3, 0.4) is 0 Å².